The van der Waals surface area contributed by atoms with Crippen LogP contribution in [0.4, 0.5) is 4.79 Å². The van der Waals surface area contributed by atoms with E-state index in [2.05, 4.69) is 10.6 Å². The SMILES string of the molecule is CC(CCNC(=O)NC12CC3CC(CC(C3)C1)C2)C(=O)O. The number of carbonyl (C=O) groups excluding carboxylic acids is 1. The summed E-state index contributed by atoms with van der Waals surface area (Å²) in [6, 6.07) is -0.116. The van der Waals surface area contributed by atoms with Crippen molar-refractivity contribution < 1.29 is 14.7 Å². The molecule has 4 saturated carbocycles. The van der Waals surface area contributed by atoms with Gasteiger partial charge in [-0.2, -0.15) is 0 Å². The second-order valence-corrected chi connectivity index (χ2v) is 7.61. The topological polar surface area (TPSA) is 78.4 Å². The van der Waals surface area contributed by atoms with Crippen LogP contribution in [-0.2, 0) is 4.79 Å². The molecule has 2 amide bonds. The van der Waals surface area contributed by atoms with Gasteiger partial charge in [0.25, 0.3) is 0 Å². The molecular weight excluding hydrogens is 268 g/mol. The van der Waals surface area contributed by atoms with Gasteiger partial charge in [0.15, 0.2) is 0 Å². The van der Waals surface area contributed by atoms with Crippen molar-refractivity contribution in [2.75, 3.05) is 6.54 Å². The molecule has 4 aliphatic carbocycles. The Hall–Kier alpha value is -1.26. The van der Waals surface area contributed by atoms with E-state index in [4.69, 9.17) is 5.11 Å². The molecule has 5 nitrogen and oxygen atoms in total. The van der Waals surface area contributed by atoms with Crippen molar-refractivity contribution in [1.82, 2.24) is 10.6 Å². The fourth-order valence-electron chi connectivity index (χ4n) is 5.07. The summed E-state index contributed by atoms with van der Waals surface area (Å²) in [5, 5.41) is 14.9. The number of rotatable bonds is 5. The van der Waals surface area contributed by atoms with Crippen molar-refractivity contribution in [2.24, 2.45) is 23.7 Å². The van der Waals surface area contributed by atoms with E-state index < -0.39 is 11.9 Å². The van der Waals surface area contributed by atoms with Crippen molar-refractivity contribution in [3.05, 3.63) is 0 Å². The maximum atomic E-state index is 12.1. The van der Waals surface area contributed by atoms with Crippen LogP contribution >= 0.6 is 0 Å². The molecule has 0 radical (unpaired) electrons. The van der Waals surface area contributed by atoms with E-state index in [1.54, 1.807) is 6.92 Å². The quantitative estimate of drug-likeness (QED) is 0.728. The van der Waals surface area contributed by atoms with Crippen LogP contribution in [0.5, 0.6) is 0 Å². The Morgan fingerprint density at radius 2 is 1.67 bits per heavy atom. The Kier molecular flexibility index (Phi) is 3.84. The minimum absolute atomic E-state index is 0.0250. The zero-order chi connectivity index (χ0) is 15.0. The number of nitrogens with one attached hydrogen (secondary N) is 2. The molecular formula is C16H26N2O3. The van der Waals surface area contributed by atoms with Gasteiger partial charge >= 0.3 is 12.0 Å². The molecule has 0 aromatic heterocycles. The predicted molar refractivity (Wildman–Crippen MR) is 78.9 cm³/mol. The minimum atomic E-state index is -0.807. The predicted octanol–water partition coefficient (Wildman–Crippen LogP) is 2.37. The minimum Gasteiger partial charge on any atom is -0.481 e. The van der Waals surface area contributed by atoms with Crippen LogP contribution in [0.1, 0.15) is 51.9 Å². The summed E-state index contributed by atoms with van der Waals surface area (Å²) in [5.41, 5.74) is 0.0250. The van der Waals surface area contributed by atoms with E-state index in [1.165, 1.54) is 19.3 Å². The smallest absolute Gasteiger partial charge is 0.315 e. The fourth-order valence-corrected chi connectivity index (χ4v) is 5.07. The lowest BCUT2D eigenvalue weighted by Crippen LogP contribution is -2.61. The summed E-state index contributed by atoms with van der Waals surface area (Å²) in [6.45, 7) is 2.09. The highest BCUT2D eigenvalue weighted by Gasteiger charge is 2.51. The average Bonchev–Trinajstić information content (AvgIpc) is 2.35. The molecule has 118 valence electrons. The van der Waals surface area contributed by atoms with Crippen LogP contribution in [0.15, 0.2) is 0 Å². The van der Waals surface area contributed by atoms with E-state index in [9.17, 15) is 9.59 Å². The van der Waals surface area contributed by atoms with Crippen molar-refractivity contribution in [1.29, 1.82) is 0 Å². The zero-order valence-corrected chi connectivity index (χ0v) is 12.7. The first-order valence-electron chi connectivity index (χ1n) is 8.24. The Morgan fingerprint density at radius 3 is 2.14 bits per heavy atom. The molecule has 4 rings (SSSR count). The first-order valence-corrected chi connectivity index (χ1v) is 8.24. The standard InChI is InChI=1S/C16H26N2O3/c1-10(14(19)20)2-3-17-15(21)18-16-7-11-4-12(8-16)6-13(5-11)9-16/h10-13H,2-9H2,1H3,(H,19,20)(H2,17,18,21). The highest BCUT2D eigenvalue weighted by molar-refractivity contribution is 5.75. The number of urea groups is 1. The van der Waals surface area contributed by atoms with E-state index in [-0.39, 0.29) is 11.6 Å². The number of carboxylic acids is 1. The lowest BCUT2D eigenvalue weighted by molar-refractivity contribution is -0.141. The second-order valence-electron chi connectivity index (χ2n) is 7.61. The first-order chi connectivity index (χ1) is 9.96. The molecule has 1 atom stereocenters. The molecule has 0 saturated heterocycles. The Balaban J connectivity index is 1.48. The Bertz CT molecular complexity index is 400. The normalized spacial score (nSPS) is 38.0. The summed E-state index contributed by atoms with van der Waals surface area (Å²) < 4.78 is 0. The highest BCUT2D eigenvalue weighted by Crippen LogP contribution is 2.55. The first kappa shape index (κ1) is 14.7. The van der Waals surface area contributed by atoms with Crippen LogP contribution in [0.25, 0.3) is 0 Å². The molecule has 0 spiro atoms. The lowest BCUT2D eigenvalue weighted by atomic mass is 9.53. The van der Waals surface area contributed by atoms with Crippen molar-refractivity contribution >= 4 is 12.0 Å². The molecule has 0 aromatic carbocycles. The molecule has 4 bridgehead atoms. The van der Waals surface area contributed by atoms with Crippen LogP contribution in [-0.4, -0.2) is 29.2 Å². The summed E-state index contributed by atoms with van der Waals surface area (Å²) in [5.74, 6) is 1.21. The lowest BCUT2D eigenvalue weighted by Gasteiger charge is -2.56. The summed E-state index contributed by atoms with van der Waals surface area (Å²) >= 11 is 0. The van der Waals surface area contributed by atoms with Crippen molar-refractivity contribution in [2.45, 2.75) is 57.4 Å². The number of hydrogen-bond acceptors (Lipinski definition) is 2. The molecule has 5 heteroatoms. The van der Waals surface area contributed by atoms with Gasteiger partial charge in [-0.25, -0.2) is 4.79 Å². The largest absolute Gasteiger partial charge is 0.481 e. The molecule has 0 aromatic rings. The van der Waals surface area contributed by atoms with Crippen molar-refractivity contribution in [3.63, 3.8) is 0 Å². The molecule has 21 heavy (non-hydrogen) atoms. The molecule has 3 N–H and O–H groups in total. The van der Waals surface area contributed by atoms with E-state index in [0.717, 1.165) is 37.0 Å². The van der Waals surface area contributed by atoms with Gasteiger partial charge in [-0.3, -0.25) is 4.79 Å². The second kappa shape index (κ2) is 5.50. The molecule has 4 fully saturated rings. The van der Waals surface area contributed by atoms with Gasteiger partial charge in [0.1, 0.15) is 0 Å². The third-order valence-electron chi connectivity index (χ3n) is 5.70. The van der Waals surface area contributed by atoms with Crippen molar-refractivity contribution in [3.8, 4) is 0 Å². The fraction of sp³-hybridized carbons (Fsp3) is 0.875. The van der Waals surface area contributed by atoms with Gasteiger partial charge in [-0.05, 0) is 62.7 Å². The van der Waals surface area contributed by atoms with Crippen LogP contribution in [0.3, 0.4) is 0 Å². The van der Waals surface area contributed by atoms with E-state index in [0.29, 0.717) is 13.0 Å². The maximum absolute atomic E-state index is 12.1. The number of aliphatic carboxylic acids is 1. The van der Waals surface area contributed by atoms with Crippen LogP contribution in [0, 0.1) is 23.7 Å². The molecule has 0 aliphatic heterocycles. The van der Waals surface area contributed by atoms with Crippen LogP contribution in [0.2, 0.25) is 0 Å². The summed E-state index contributed by atoms with van der Waals surface area (Å²) in [7, 11) is 0. The monoisotopic (exact) mass is 294 g/mol. The number of hydrogen-bond donors (Lipinski definition) is 3. The van der Waals surface area contributed by atoms with Gasteiger partial charge in [0.2, 0.25) is 0 Å². The van der Waals surface area contributed by atoms with Gasteiger partial charge in [-0.1, -0.05) is 6.92 Å². The molecule has 0 heterocycles. The molecule has 1 unspecified atom stereocenters. The Labute approximate surface area is 125 Å². The third kappa shape index (κ3) is 3.16. The van der Waals surface area contributed by atoms with Gasteiger partial charge in [0, 0.05) is 12.1 Å². The van der Waals surface area contributed by atoms with Crippen LogP contribution < -0.4 is 10.6 Å². The highest BCUT2D eigenvalue weighted by atomic mass is 16.4. The summed E-state index contributed by atoms with van der Waals surface area (Å²) in [4.78, 5) is 22.9. The summed E-state index contributed by atoms with van der Waals surface area (Å²) in [6.07, 6.45) is 7.97. The Morgan fingerprint density at radius 1 is 1.14 bits per heavy atom. The van der Waals surface area contributed by atoms with E-state index in [1.807, 2.05) is 0 Å². The third-order valence-corrected chi connectivity index (χ3v) is 5.70. The van der Waals surface area contributed by atoms with E-state index >= 15 is 0 Å². The maximum Gasteiger partial charge on any atom is 0.315 e. The van der Waals surface area contributed by atoms with Gasteiger partial charge in [-0.15, -0.1) is 0 Å². The number of amides is 2. The van der Waals surface area contributed by atoms with Gasteiger partial charge < -0.3 is 15.7 Å². The van der Waals surface area contributed by atoms with Gasteiger partial charge in [0.05, 0.1) is 5.92 Å². The molecule has 4 aliphatic rings. The number of carboxylic acid groups (broad SMARTS) is 1. The zero-order valence-electron chi connectivity index (χ0n) is 12.7. The average molecular weight is 294 g/mol. The number of carbonyl (C=O) groups is 2.